The van der Waals surface area contributed by atoms with Gasteiger partial charge in [0.2, 0.25) is 5.91 Å². The van der Waals surface area contributed by atoms with Gasteiger partial charge in [-0.05, 0) is 37.5 Å². The maximum Gasteiger partial charge on any atom is 0.221 e. The highest BCUT2D eigenvalue weighted by Crippen LogP contribution is 2.19. The van der Waals surface area contributed by atoms with Gasteiger partial charge in [0.25, 0.3) is 0 Å². The van der Waals surface area contributed by atoms with E-state index in [-0.39, 0.29) is 11.9 Å². The fourth-order valence-electron chi connectivity index (χ4n) is 1.94. The lowest BCUT2D eigenvalue weighted by molar-refractivity contribution is -0.121. The van der Waals surface area contributed by atoms with Crippen molar-refractivity contribution in [3.63, 3.8) is 0 Å². The summed E-state index contributed by atoms with van der Waals surface area (Å²) in [6.45, 7) is 2.80. The summed E-state index contributed by atoms with van der Waals surface area (Å²) in [6.07, 6.45) is 2.82. The summed E-state index contributed by atoms with van der Waals surface area (Å²) in [5.41, 5.74) is 1.20. The summed E-state index contributed by atoms with van der Waals surface area (Å²) in [4.78, 5) is 11.5. The Kier molecular flexibility index (Phi) is 4.80. The first kappa shape index (κ1) is 13.9. The summed E-state index contributed by atoms with van der Waals surface area (Å²) in [5, 5.41) is 6.35. The fourth-order valence-corrected chi connectivity index (χ4v) is 1.94. The van der Waals surface area contributed by atoms with Gasteiger partial charge in [0.05, 0.1) is 7.11 Å². The molecule has 19 heavy (non-hydrogen) atoms. The van der Waals surface area contributed by atoms with Gasteiger partial charge in [0.1, 0.15) is 5.75 Å². The molecule has 4 nitrogen and oxygen atoms in total. The topological polar surface area (TPSA) is 50.4 Å². The Balaban J connectivity index is 1.70. The van der Waals surface area contributed by atoms with Crippen molar-refractivity contribution >= 4 is 5.91 Å². The Morgan fingerprint density at radius 1 is 1.37 bits per heavy atom. The minimum absolute atomic E-state index is 0.150. The maximum atomic E-state index is 11.5. The molecule has 104 valence electrons. The monoisotopic (exact) mass is 262 g/mol. The SMILES string of the molecule is COc1ccc([C@H](C)NCCC(=O)NC2CC2)cc1. The van der Waals surface area contributed by atoms with E-state index < -0.39 is 0 Å². The molecule has 1 aliphatic carbocycles. The van der Waals surface area contributed by atoms with Gasteiger partial charge in [-0.2, -0.15) is 0 Å². The molecular weight excluding hydrogens is 240 g/mol. The number of methoxy groups -OCH3 is 1. The normalized spacial score (nSPS) is 15.9. The molecule has 1 fully saturated rings. The van der Waals surface area contributed by atoms with Gasteiger partial charge in [-0.3, -0.25) is 4.79 Å². The molecule has 0 aromatic heterocycles. The molecule has 2 rings (SSSR count). The van der Waals surface area contributed by atoms with Crippen LogP contribution in [-0.2, 0) is 4.79 Å². The van der Waals surface area contributed by atoms with Gasteiger partial charge >= 0.3 is 0 Å². The fraction of sp³-hybridized carbons (Fsp3) is 0.533. The first-order valence-electron chi connectivity index (χ1n) is 6.85. The van der Waals surface area contributed by atoms with Crippen molar-refractivity contribution in [3.8, 4) is 5.75 Å². The molecule has 1 atom stereocenters. The van der Waals surface area contributed by atoms with E-state index >= 15 is 0 Å². The van der Waals surface area contributed by atoms with Crippen molar-refractivity contribution in [2.75, 3.05) is 13.7 Å². The van der Waals surface area contributed by atoms with Crippen LogP contribution in [0.1, 0.15) is 37.8 Å². The van der Waals surface area contributed by atoms with Crippen molar-refractivity contribution in [2.24, 2.45) is 0 Å². The van der Waals surface area contributed by atoms with Crippen molar-refractivity contribution in [1.82, 2.24) is 10.6 Å². The third-order valence-electron chi connectivity index (χ3n) is 3.36. The van der Waals surface area contributed by atoms with Crippen molar-refractivity contribution in [2.45, 2.75) is 38.3 Å². The average Bonchev–Trinajstić information content (AvgIpc) is 3.22. The van der Waals surface area contributed by atoms with Crippen LogP contribution in [0.15, 0.2) is 24.3 Å². The summed E-state index contributed by atoms with van der Waals surface area (Å²) < 4.78 is 5.13. The van der Waals surface area contributed by atoms with Gasteiger partial charge in [0.15, 0.2) is 0 Å². The Hall–Kier alpha value is -1.55. The Labute approximate surface area is 114 Å². The molecule has 1 saturated carbocycles. The van der Waals surface area contributed by atoms with E-state index in [1.807, 2.05) is 24.3 Å². The number of amides is 1. The lowest BCUT2D eigenvalue weighted by Gasteiger charge is -2.14. The quantitative estimate of drug-likeness (QED) is 0.790. The van der Waals surface area contributed by atoms with Crippen LogP contribution in [0.25, 0.3) is 0 Å². The number of rotatable bonds is 7. The predicted octanol–water partition coefficient (Wildman–Crippen LogP) is 2.01. The van der Waals surface area contributed by atoms with E-state index in [1.165, 1.54) is 5.56 Å². The Morgan fingerprint density at radius 3 is 2.63 bits per heavy atom. The molecule has 0 saturated heterocycles. The summed E-state index contributed by atoms with van der Waals surface area (Å²) in [5.74, 6) is 1.01. The Morgan fingerprint density at radius 2 is 2.05 bits per heavy atom. The van der Waals surface area contributed by atoms with E-state index in [0.717, 1.165) is 18.6 Å². The van der Waals surface area contributed by atoms with E-state index in [9.17, 15) is 4.79 Å². The maximum absolute atomic E-state index is 11.5. The van der Waals surface area contributed by atoms with Gasteiger partial charge in [0, 0.05) is 25.0 Å². The minimum Gasteiger partial charge on any atom is -0.497 e. The zero-order valence-corrected chi connectivity index (χ0v) is 11.6. The third kappa shape index (κ3) is 4.56. The number of hydrogen-bond acceptors (Lipinski definition) is 3. The highest BCUT2D eigenvalue weighted by Gasteiger charge is 2.22. The largest absolute Gasteiger partial charge is 0.497 e. The third-order valence-corrected chi connectivity index (χ3v) is 3.36. The molecule has 1 aliphatic rings. The van der Waals surface area contributed by atoms with Crippen molar-refractivity contribution in [1.29, 1.82) is 0 Å². The summed E-state index contributed by atoms with van der Waals surface area (Å²) >= 11 is 0. The molecule has 0 radical (unpaired) electrons. The van der Waals surface area contributed by atoms with Crippen molar-refractivity contribution < 1.29 is 9.53 Å². The summed E-state index contributed by atoms with van der Waals surface area (Å²) in [6, 6.07) is 8.67. The molecule has 0 bridgehead atoms. The number of carbonyl (C=O) groups is 1. The van der Waals surface area contributed by atoms with Crippen molar-refractivity contribution in [3.05, 3.63) is 29.8 Å². The minimum atomic E-state index is 0.150. The van der Waals surface area contributed by atoms with Gasteiger partial charge in [-0.25, -0.2) is 0 Å². The molecule has 1 aromatic carbocycles. The van der Waals surface area contributed by atoms with Crippen LogP contribution in [0.4, 0.5) is 0 Å². The molecule has 0 unspecified atom stereocenters. The van der Waals surface area contributed by atoms with E-state index in [4.69, 9.17) is 4.74 Å². The number of nitrogens with one attached hydrogen (secondary N) is 2. The molecule has 0 heterocycles. The van der Waals surface area contributed by atoms with Gasteiger partial charge in [-0.1, -0.05) is 12.1 Å². The average molecular weight is 262 g/mol. The summed E-state index contributed by atoms with van der Waals surface area (Å²) in [7, 11) is 1.66. The zero-order chi connectivity index (χ0) is 13.7. The lowest BCUT2D eigenvalue weighted by Crippen LogP contribution is -2.30. The second-order valence-electron chi connectivity index (χ2n) is 5.04. The Bertz CT molecular complexity index is 413. The molecule has 1 aromatic rings. The van der Waals surface area contributed by atoms with Crippen LogP contribution in [-0.4, -0.2) is 25.6 Å². The van der Waals surface area contributed by atoms with Gasteiger partial charge < -0.3 is 15.4 Å². The van der Waals surface area contributed by atoms with Crippen LogP contribution < -0.4 is 15.4 Å². The zero-order valence-electron chi connectivity index (χ0n) is 11.6. The van der Waals surface area contributed by atoms with Crippen LogP contribution in [0.3, 0.4) is 0 Å². The molecule has 0 spiro atoms. The van der Waals surface area contributed by atoms with Gasteiger partial charge in [-0.15, -0.1) is 0 Å². The molecule has 0 aliphatic heterocycles. The van der Waals surface area contributed by atoms with E-state index in [0.29, 0.717) is 19.0 Å². The molecule has 1 amide bonds. The predicted molar refractivity (Wildman–Crippen MR) is 75.2 cm³/mol. The second-order valence-corrected chi connectivity index (χ2v) is 5.04. The highest BCUT2D eigenvalue weighted by atomic mass is 16.5. The van der Waals surface area contributed by atoms with Crippen LogP contribution >= 0.6 is 0 Å². The highest BCUT2D eigenvalue weighted by molar-refractivity contribution is 5.76. The smallest absolute Gasteiger partial charge is 0.221 e. The standard InChI is InChI=1S/C15H22N2O2/c1-11(12-3-7-14(19-2)8-4-12)16-10-9-15(18)17-13-5-6-13/h3-4,7-8,11,13,16H,5-6,9-10H2,1-2H3,(H,17,18)/t11-/m0/s1. The van der Waals surface area contributed by atoms with Crippen LogP contribution in [0.5, 0.6) is 5.75 Å². The first-order valence-corrected chi connectivity index (χ1v) is 6.85. The molecule has 2 N–H and O–H groups in total. The number of ether oxygens (including phenoxy) is 1. The lowest BCUT2D eigenvalue weighted by atomic mass is 10.1. The van der Waals surface area contributed by atoms with Crippen LogP contribution in [0, 0.1) is 0 Å². The molecular formula is C15H22N2O2. The molecule has 4 heteroatoms. The second kappa shape index (κ2) is 6.57. The van der Waals surface area contributed by atoms with E-state index in [2.05, 4.69) is 17.6 Å². The number of carbonyl (C=O) groups excluding carboxylic acids is 1. The number of hydrogen-bond donors (Lipinski definition) is 2. The number of benzene rings is 1. The van der Waals surface area contributed by atoms with Crippen LogP contribution in [0.2, 0.25) is 0 Å². The van der Waals surface area contributed by atoms with E-state index in [1.54, 1.807) is 7.11 Å². The first-order chi connectivity index (χ1) is 9.19.